The molecule has 21 heavy (non-hydrogen) atoms. The lowest BCUT2D eigenvalue weighted by atomic mass is 10.2. The number of aromatic nitrogens is 2. The van der Waals surface area contributed by atoms with Gasteiger partial charge in [-0.1, -0.05) is 6.92 Å². The van der Waals surface area contributed by atoms with E-state index in [9.17, 15) is 9.59 Å². The first-order valence-electron chi connectivity index (χ1n) is 6.45. The van der Waals surface area contributed by atoms with Crippen LogP contribution in [0.4, 0.5) is 11.8 Å². The Balaban J connectivity index is 2.12. The molecule has 0 unspecified atom stereocenters. The fourth-order valence-electron chi connectivity index (χ4n) is 2.22. The normalized spacial score (nSPS) is 15.4. The quantitative estimate of drug-likeness (QED) is 0.415. The average molecular weight is 306 g/mol. The largest absolute Gasteiger partial charge is 0.337 e. The maximum Gasteiger partial charge on any atom is 0.246 e. The van der Waals surface area contributed by atoms with Crippen LogP contribution in [0, 0.1) is 0 Å². The molecule has 0 spiro atoms. The third kappa shape index (κ3) is 2.52. The van der Waals surface area contributed by atoms with Crippen LogP contribution in [-0.2, 0) is 16.0 Å². The van der Waals surface area contributed by atoms with E-state index >= 15 is 0 Å². The molecule has 0 saturated carbocycles. The number of nitrogens with one attached hydrogen (secondary N) is 2. The number of nitrogens with two attached hydrogens (primary N) is 1. The van der Waals surface area contributed by atoms with Crippen LogP contribution in [0.15, 0.2) is 6.07 Å². The summed E-state index contributed by atoms with van der Waals surface area (Å²) in [6.45, 7) is 2.22. The Kier molecular flexibility index (Phi) is 3.43. The number of carbonyl (C=O) groups excluding carboxylic acids is 2. The van der Waals surface area contributed by atoms with Crippen molar-refractivity contribution < 1.29 is 9.59 Å². The second-order valence-electron chi connectivity index (χ2n) is 4.63. The van der Waals surface area contributed by atoms with Crippen LogP contribution in [0.5, 0.6) is 0 Å². The van der Waals surface area contributed by atoms with E-state index in [4.69, 9.17) is 5.84 Å². The second kappa shape index (κ2) is 5.26. The van der Waals surface area contributed by atoms with Crippen molar-refractivity contribution in [1.82, 2.24) is 15.3 Å². The van der Waals surface area contributed by atoms with Crippen LogP contribution in [0.2, 0.25) is 0 Å². The van der Waals surface area contributed by atoms with Gasteiger partial charge in [0.2, 0.25) is 17.8 Å². The van der Waals surface area contributed by atoms with Gasteiger partial charge in [0.1, 0.15) is 10.6 Å². The van der Waals surface area contributed by atoms with Gasteiger partial charge in [-0.3, -0.25) is 20.3 Å². The number of hydrogen-bond donors (Lipinski definition) is 3. The van der Waals surface area contributed by atoms with Crippen LogP contribution < -0.4 is 21.5 Å². The summed E-state index contributed by atoms with van der Waals surface area (Å²) >= 11 is 1.55. The topological polar surface area (TPSA) is 113 Å². The first kappa shape index (κ1) is 13.7. The number of aryl methyl sites for hydroxylation is 1. The van der Waals surface area contributed by atoms with Gasteiger partial charge >= 0.3 is 0 Å². The summed E-state index contributed by atoms with van der Waals surface area (Å²) in [4.78, 5) is 35.3. The van der Waals surface area contributed by atoms with E-state index in [0.29, 0.717) is 5.82 Å². The number of imide groups is 1. The molecule has 0 atom stereocenters. The van der Waals surface area contributed by atoms with Crippen molar-refractivity contribution in [3.63, 3.8) is 0 Å². The van der Waals surface area contributed by atoms with Crippen LogP contribution >= 0.6 is 11.3 Å². The van der Waals surface area contributed by atoms with Gasteiger partial charge in [-0.2, -0.15) is 4.98 Å². The lowest BCUT2D eigenvalue weighted by Crippen LogP contribution is -2.51. The van der Waals surface area contributed by atoms with Gasteiger partial charge < -0.3 is 4.90 Å². The van der Waals surface area contributed by atoms with E-state index in [1.165, 1.54) is 0 Å². The summed E-state index contributed by atoms with van der Waals surface area (Å²) < 4.78 is 0. The predicted octanol–water partition coefficient (Wildman–Crippen LogP) is 0.00210. The highest BCUT2D eigenvalue weighted by Crippen LogP contribution is 2.32. The third-order valence-electron chi connectivity index (χ3n) is 3.15. The molecule has 0 aromatic carbocycles. The number of rotatable bonds is 3. The molecule has 1 aliphatic rings. The van der Waals surface area contributed by atoms with E-state index in [1.807, 2.05) is 6.07 Å². The molecule has 110 valence electrons. The fourth-order valence-corrected chi connectivity index (χ4v) is 3.18. The van der Waals surface area contributed by atoms with E-state index in [2.05, 4.69) is 27.6 Å². The minimum absolute atomic E-state index is 0.0825. The van der Waals surface area contributed by atoms with Gasteiger partial charge in [-0.05, 0) is 12.5 Å². The first-order valence-corrected chi connectivity index (χ1v) is 7.27. The van der Waals surface area contributed by atoms with Crippen LogP contribution in [0.25, 0.3) is 10.2 Å². The molecule has 9 heteroatoms. The number of carbonyl (C=O) groups is 2. The molecule has 3 rings (SSSR count). The number of fused-ring (bicyclic) bond motifs is 1. The van der Waals surface area contributed by atoms with E-state index < -0.39 is 0 Å². The molecule has 0 radical (unpaired) electrons. The molecule has 2 aromatic heterocycles. The number of piperazine rings is 1. The van der Waals surface area contributed by atoms with E-state index in [1.54, 1.807) is 16.2 Å². The van der Waals surface area contributed by atoms with Crippen molar-refractivity contribution in [2.45, 2.75) is 13.3 Å². The predicted molar refractivity (Wildman–Crippen MR) is 80.0 cm³/mol. The molecule has 4 N–H and O–H groups in total. The summed E-state index contributed by atoms with van der Waals surface area (Å²) in [5.74, 6) is 5.53. The van der Waals surface area contributed by atoms with Crippen LogP contribution in [0.1, 0.15) is 11.8 Å². The van der Waals surface area contributed by atoms with Gasteiger partial charge in [0.15, 0.2) is 0 Å². The molecule has 3 heterocycles. The van der Waals surface area contributed by atoms with Gasteiger partial charge in [-0.25, -0.2) is 10.8 Å². The maximum absolute atomic E-state index is 11.6. The van der Waals surface area contributed by atoms with Gasteiger partial charge in [-0.15, -0.1) is 11.3 Å². The minimum atomic E-state index is -0.341. The van der Waals surface area contributed by atoms with Crippen molar-refractivity contribution in [2.24, 2.45) is 5.84 Å². The average Bonchev–Trinajstić information content (AvgIpc) is 2.87. The molecule has 1 fully saturated rings. The lowest BCUT2D eigenvalue weighted by Gasteiger charge is -2.26. The molecule has 2 aromatic rings. The van der Waals surface area contributed by atoms with Gasteiger partial charge in [0.05, 0.1) is 18.5 Å². The summed E-state index contributed by atoms with van der Waals surface area (Å²) in [6.07, 6.45) is 0.880. The summed E-state index contributed by atoms with van der Waals surface area (Å²) in [6, 6.07) is 1.99. The fraction of sp³-hybridized carbons (Fsp3) is 0.333. The number of amides is 2. The molecular weight excluding hydrogens is 292 g/mol. The molecule has 1 aliphatic heterocycles. The highest BCUT2D eigenvalue weighted by Gasteiger charge is 2.26. The van der Waals surface area contributed by atoms with Crippen molar-refractivity contribution in [3.05, 3.63) is 10.9 Å². The zero-order valence-corrected chi connectivity index (χ0v) is 12.2. The molecule has 1 saturated heterocycles. The third-order valence-corrected chi connectivity index (χ3v) is 4.32. The molecule has 0 aliphatic carbocycles. The molecular formula is C12H14N6O2S. The number of hydrogen-bond acceptors (Lipinski definition) is 8. The molecule has 0 bridgehead atoms. The first-order chi connectivity index (χ1) is 10.1. The summed E-state index contributed by atoms with van der Waals surface area (Å²) in [7, 11) is 0. The summed E-state index contributed by atoms with van der Waals surface area (Å²) in [5, 5.41) is 3.10. The van der Waals surface area contributed by atoms with Crippen molar-refractivity contribution in [1.29, 1.82) is 0 Å². The van der Waals surface area contributed by atoms with Crippen LogP contribution in [-0.4, -0.2) is 34.9 Å². The Morgan fingerprint density at radius 1 is 1.38 bits per heavy atom. The Bertz CT molecular complexity index is 712. The SMILES string of the molecule is CCc1cc2c(N3CC(=O)NC(=O)C3)nc(NN)nc2s1. The number of hydrazine groups is 1. The Labute approximate surface area is 124 Å². The smallest absolute Gasteiger partial charge is 0.246 e. The Morgan fingerprint density at radius 3 is 2.71 bits per heavy atom. The lowest BCUT2D eigenvalue weighted by molar-refractivity contribution is -0.130. The zero-order valence-electron chi connectivity index (χ0n) is 11.3. The standard InChI is InChI=1S/C12H14N6O2S/c1-2-6-3-7-10(15-12(17-13)16-11(7)21-6)18-4-8(19)14-9(20)5-18/h3H,2,4-5,13H2,1H3,(H,14,19,20)(H,15,16,17). The number of nitrogens with zero attached hydrogens (tertiary/aromatic N) is 3. The summed E-state index contributed by atoms with van der Waals surface area (Å²) in [5.41, 5.74) is 2.42. The monoisotopic (exact) mass is 306 g/mol. The number of nitrogen functional groups attached to an aromatic ring is 1. The van der Waals surface area contributed by atoms with Gasteiger partial charge in [0, 0.05) is 4.88 Å². The van der Waals surface area contributed by atoms with Crippen molar-refractivity contribution >= 4 is 45.1 Å². The van der Waals surface area contributed by atoms with Crippen molar-refractivity contribution in [3.8, 4) is 0 Å². The number of anilines is 2. The molecule has 8 nitrogen and oxygen atoms in total. The van der Waals surface area contributed by atoms with Crippen molar-refractivity contribution in [2.75, 3.05) is 23.4 Å². The molecule has 2 amide bonds. The van der Waals surface area contributed by atoms with Crippen LogP contribution in [0.3, 0.4) is 0 Å². The zero-order chi connectivity index (χ0) is 15.0. The minimum Gasteiger partial charge on any atom is -0.337 e. The van der Waals surface area contributed by atoms with E-state index in [-0.39, 0.29) is 30.9 Å². The highest BCUT2D eigenvalue weighted by molar-refractivity contribution is 7.18. The Hall–Kier alpha value is -2.26. The maximum atomic E-state index is 11.6. The second-order valence-corrected chi connectivity index (χ2v) is 5.74. The highest BCUT2D eigenvalue weighted by atomic mass is 32.1. The van der Waals surface area contributed by atoms with E-state index in [0.717, 1.165) is 21.5 Å². The Morgan fingerprint density at radius 2 is 2.10 bits per heavy atom. The number of thiophene rings is 1. The van der Waals surface area contributed by atoms with Gasteiger partial charge in [0.25, 0.3) is 0 Å².